The van der Waals surface area contributed by atoms with E-state index in [9.17, 15) is 4.79 Å². The number of rotatable bonds is 3. The van der Waals surface area contributed by atoms with Gasteiger partial charge in [-0.3, -0.25) is 4.79 Å². The third-order valence-corrected chi connectivity index (χ3v) is 3.82. The summed E-state index contributed by atoms with van der Waals surface area (Å²) in [4.78, 5) is 26.2. The van der Waals surface area contributed by atoms with Crippen LogP contribution in [-0.2, 0) is 11.3 Å². The molecule has 1 saturated heterocycles. The molecule has 2 aromatic rings. The van der Waals surface area contributed by atoms with Crippen molar-refractivity contribution < 1.29 is 9.90 Å². The van der Waals surface area contributed by atoms with Gasteiger partial charge in [0.2, 0.25) is 0 Å². The highest BCUT2D eigenvalue weighted by atomic mass is 16.4. The molecule has 0 saturated carbocycles. The van der Waals surface area contributed by atoms with Crippen LogP contribution in [0.25, 0.3) is 11.3 Å². The number of fused-ring (bicyclic) bond motifs is 1. The van der Waals surface area contributed by atoms with Crippen LogP contribution < -0.4 is 4.90 Å². The molecule has 20 heavy (non-hydrogen) atoms. The van der Waals surface area contributed by atoms with Gasteiger partial charge in [-0.2, -0.15) is 0 Å². The van der Waals surface area contributed by atoms with Crippen molar-refractivity contribution in [3.8, 4) is 0 Å². The monoisotopic (exact) mass is 275 g/mol. The quantitative estimate of drug-likeness (QED) is 0.904. The molecule has 106 valence electrons. The second kappa shape index (κ2) is 5.07. The van der Waals surface area contributed by atoms with Crippen molar-refractivity contribution in [1.82, 2.24) is 19.5 Å². The Kier molecular flexibility index (Phi) is 3.25. The maximum absolute atomic E-state index is 11.0. The van der Waals surface area contributed by atoms with E-state index in [1.807, 2.05) is 11.5 Å². The van der Waals surface area contributed by atoms with Gasteiger partial charge in [0, 0.05) is 19.6 Å². The molecule has 1 N–H and O–H groups in total. The molecule has 0 aliphatic carbocycles. The van der Waals surface area contributed by atoms with Crippen molar-refractivity contribution in [2.75, 3.05) is 18.0 Å². The van der Waals surface area contributed by atoms with Crippen LogP contribution in [0.3, 0.4) is 0 Å². The number of aromatic nitrogens is 4. The Morgan fingerprint density at radius 2 is 2.15 bits per heavy atom. The molecular weight excluding hydrogens is 258 g/mol. The van der Waals surface area contributed by atoms with Gasteiger partial charge in [0.1, 0.15) is 5.82 Å². The van der Waals surface area contributed by atoms with Crippen LogP contribution in [0.1, 0.15) is 19.8 Å². The molecule has 1 fully saturated rings. The minimum atomic E-state index is -0.699. The fourth-order valence-electron chi connectivity index (χ4n) is 2.57. The molecule has 3 heterocycles. The zero-order chi connectivity index (χ0) is 14.1. The summed E-state index contributed by atoms with van der Waals surface area (Å²) >= 11 is 0. The lowest BCUT2D eigenvalue weighted by atomic mass is 9.97. The first-order valence-corrected chi connectivity index (χ1v) is 6.84. The number of aliphatic carboxylic acids is 1. The van der Waals surface area contributed by atoms with E-state index >= 15 is 0 Å². The summed E-state index contributed by atoms with van der Waals surface area (Å²) in [6.07, 6.45) is 4.77. The van der Waals surface area contributed by atoms with E-state index in [0.717, 1.165) is 18.0 Å². The molecular formula is C13H17N5O2. The number of aryl methyl sites for hydroxylation is 1. The van der Waals surface area contributed by atoms with Gasteiger partial charge in [-0.1, -0.05) is 0 Å². The van der Waals surface area contributed by atoms with Crippen molar-refractivity contribution in [3.05, 3.63) is 12.5 Å². The van der Waals surface area contributed by atoms with Gasteiger partial charge in [-0.15, -0.1) is 0 Å². The van der Waals surface area contributed by atoms with E-state index in [2.05, 4.69) is 19.9 Å². The van der Waals surface area contributed by atoms with Crippen LogP contribution in [0, 0.1) is 5.92 Å². The topological polar surface area (TPSA) is 84.1 Å². The minimum absolute atomic E-state index is 0.232. The lowest BCUT2D eigenvalue weighted by Crippen LogP contribution is -2.36. The normalized spacial score (nSPS) is 16.8. The van der Waals surface area contributed by atoms with Crippen LogP contribution in [0.4, 0.5) is 5.82 Å². The number of carboxylic acid groups (broad SMARTS) is 1. The molecule has 0 unspecified atom stereocenters. The van der Waals surface area contributed by atoms with E-state index in [1.165, 1.54) is 0 Å². The van der Waals surface area contributed by atoms with Crippen LogP contribution in [0.5, 0.6) is 0 Å². The van der Waals surface area contributed by atoms with E-state index in [0.29, 0.717) is 31.6 Å². The Bertz CT molecular complexity index is 631. The third-order valence-electron chi connectivity index (χ3n) is 3.82. The van der Waals surface area contributed by atoms with E-state index in [4.69, 9.17) is 5.11 Å². The maximum atomic E-state index is 11.0. The Morgan fingerprint density at radius 3 is 2.80 bits per heavy atom. The molecule has 0 radical (unpaired) electrons. The highest BCUT2D eigenvalue weighted by Gasteiger charge is 2.25. The lowest BCUT2D eigenvalue weighted by Gasteiger charge is -2.30. The predicted molar refractivity (Wildman–Crippen MR) is 73.6 cm³/mol. The van der Waals surface area contributed by atoms with Gasteiger partial charge in [0.15, 0.2) is 11.3 Å². The van der Waals surface area contributed by atoms with Crippen LogP contribution in [0.2, 0.25) is 0 Å². The van der Waals surface area contributed by atoms with Gasteiger partial charge >= 0.3 is 5.97 Å². The van der Waals surface area contributed by atoms with Gasteiger partial charge in [-0.25, -0.2) is 15.0 Å². The summed E-state index contributed by atoms with van der Waals surface area (Å²) in [7, 11) is 0. The molecule has 7 heteroatoms. The summed E-state index contributed by atoms with van der Waals surface area (Å²) in [5, 5.41) is 9.02. The number of carboxylic acids is 1. The first-order valence-electron chi connectivity index (χ1n) is 6.84. The average Bonchev–Trinajstić information content (AvgIpc) is 2.89. The number of hydrogen-bond donors (Lipinski definition) is 1. The molecule has 0 spiro atoms. The van der Waals surface area contributed by atoms with Crippen molar-refractivity contribution in [2.45, 2.75) is 26.3 Å². The second-order valence-electron chi connectivity index (χ2n) is 5.01. The summed E-state index contributed by atoms with van der Waals surface area (Å²) in [6, 6.07) is 0. The number of imidazole rings is 1. The van der Waals surface area contributed by atoms with Crippen molar-refractivity contribution in [3.63, 3.8) is 0 Å². The maximum Gasteiger partial charge on any atom is 0.306 e. The Hall–Kier alpha value is -2.18. The fraction of sp³-hybridized carbons (Fsp3) is 0.538. The van der Waals surface area contributed by atoms with Crippen molar-refractivity contribution in [1.29, 1.82) is 0 Å². The summed E-state index contributed by atoms with van der Waals surface area (Å²) < 4.78 is 1.95. The van der Waals surface area contributed by atoms with Gasteiger partial charge in [-0.05, 0) is 19.8 Å². The number of hydrogen-bond acceptors (Lipinski definition) is 5. The zero-order valence-corrected chi connectivity index (χ0v) is 11.4. The smallest absolute Gasteiger partial charge is 0.306 e. The molecule has 2 aromatic heterocycles. The molecule has 0 amide bonds. The molecule has 0 bridgehead atoms. The van der Waals surface area contributed by atoms with Crippen LogP contribution in [0.15, 0.2) is 12.5 Å². The standard InChI is InChI=1S/C13H17N5O2/c1-2-17-8-15-11-12(17)16-10(7-14-11)18-5-3-9(4-6-18)13(19)20/h7-9H,2-6H2,1H3,(H,19,20). The number of anilines is 1. The van der Waals surface area contributed by atoms with E-state index < -0.39 is 5.97 Å². The number of nitrogens with zero attached hydrogens (tertiary/aromatic N) is 5. The molecule has 0 aromatic carbocycles. The van der Waals surface area contributed by atoms with Crippen LogP contribution in [-0.4, -0.2) is 43.7 Å². The fourth-order valence-corrected chi connectivity index (χ4v) is 2.57. The van der Waals surface area contributed by atoms with Gasteiger partial charge in [0.25, 0.3) is 0 Å². The summed E-state index contributed by atoms with van der Waals surface area (Å²) in [5.74, 6) is -0.129. The largest absolute Gasteiger partial charge is 0.481 e. The van der Waals surface area contributed by atoms with E-state index in [1.54, 1.807) is 12.5 Å². The average molecular weight is 275 g/mol. The number of carbonyl (C=O) groups is 1. The van der Waals surface area contributed by atoms with Gasteiger partial charge in [0.05, 0.1) is 18.4 Å². The molecule has 1 aliphatic rings. The number of piperidine rings is 1. The molecule has 3 rings (SSSR count). The van der Waals surface area contributed by atoms with Crippen LogP contribution >= 0.6 is 0 Å². The lowest BCUT2D eigenvalue weighted by molar-refractivity contribution is -0.142. The van der Waals surface area contributed by atoms with Crippen molar-refractivity contribution in [2.24, 2.45) is 5.92 Å². The van der Waals surface area contributed by atoms with Gasteiger partial charge < -0.3 is 14.6 Å². The molecule has 7 nitrogen and oxygen atoms in total. The summed E-state index contributed by atoms with van der Waals surface area (Å²) in [6.45, 7) is 4.25. The third kappa shape index (κ3) is 2.19. The highest BCUT2D eigenvalue weighted by Crippen LogP contribution is 2.22. The summed E-state index contributed by atoms with van der Waals surface area (Å²) in [5.41, 5.74) is 1.43. The zero-order valence-electron chi connectivity index (χ0n) is 11.4. The Labute approximate surface area is 116 Å². The highest BCUT2D eigenvalue weighted by molar-refractivity contribution is 5.71. The van der Waals surface area contributed by atoms with Crippen molar-refractivity contribution >= 4 is 23.1 Å². The predicted octanol–water partition coefficient (Wildman–Crippen LogP) is 1.15. The Balaban J connectivity index is 1.82. The van der Waals surface area contributed by atoms with E-state index in [-0.39, 0.29) is 5.92 Å². The Morgan fingerprint density at radius 1 is 1.40 bits per heavy atom. The molecule has 1 aliphatic heterocycles. The first kappa shape index (κ1) is 12.8. The SMILES string of the molecule is CCn1cnc2ncc(N3CCC(C(=O)O)CC3)nc21. The molecule has 0 atom stereocenters. The first-order chi connectivity index (χ1) is 9.69. The second-order valence-corrected chi connectivity index (χ2v) is 5.01. The minimum Gasteiger partial charge on any atom is -0.481 e.